The van der Waals surface area contributed by atoms with Crippen LogP contribution in [0.1, 0.15) is 31.1 Å². The van der Waals surface area contributed by atoms with Gasteiger partial charge in [0.05, 0.1) is 20.6 Å². The van der Waals surface area contributed by atoms with Gasteiger partial charge in [0.2, 0.25) is 0 Å². The first-order valence-corrected chi connectivity index (χ1v) is 11.5. The molecule has 4 rings (SSSR count). The lowest BCUT2D eigenvalue weighted by Crippen LogP contribution is -2.19. The van der Waals surface area contributed by atoms with Crippen molar-refractivity contribution < 1.29 is 9.21 Å². The Hall–Kier alpha value is -2.47. The van der Waals surface area contributed by atoms with Crippen LogP contribution in [-0.4, -0.2) is 11.1 Å². The molecule has 2 aromatic carbocycles. The molecule has 2 heterocycles. The smallest absolute Gasteiger partial charge is 0.264 e. The number of unbranched alkanes of at least 4 members (excludes halogenated alkanes) is 1. The maximum atomic E-state index is 12.4. The van der Waals surface area contributed by atoms with Gasteiger partial charge in [0.1, 0.15) is 11.5 Å². The molecular weight excluding hydrogens is 451 g/mol. The second kappa shape index (κ2) is 9.77. The maximum absolute atomic E-state index is 12.4. The van der Waals surface area contributed by atoms with E-state index in [9.17, 15) is 4.79 Å². The molecule has 0 saturated carbocycles. The van der Waals surface area contributed by atoms with E-state index in [0.29, 0.717) is 31.6 Å². The number of halogens is 2. The summed E-state index contributed by atoms with van der Waals surface area (Å²) in [6.07, 6.45) is 5.12. The van der Waals surface area contributed by atoms with Crippen LogP contribution in [0.4, 0.5) is 5.69 Å². The lowest BCUT2D eigenvalue weighted by Gasteiger charge is -2.01. The van der Waals surface area contributed by atoms with Crippen molar-refractivity contribution in [2.75, 3.05) is 0 Å². The van der Waals surface area contributed by atoms with Crippen LogP contribution < -0.4 is 5.32 Å². The average molecular weight is 471 g/mol. The number of thioether (sulfide) groups is 1. The molecule has 0 unspecified atom stereocenters. The van der Waals surface area contributed by atoms with Crippen LogP contribution in [0.2, 0.25) is 10.0 Å². The Morgan fingerprint density at radius 1 is 1.06 bits per heavy atom. The van der Waals surface area contributed by atoms with Gasteiger partial charge in [0.25, 0.3) is 5.91 Å². The van der Waals surface area contributed by atoms with Crippen molar-refractivity contribution in [2.24, 2.45) is 4.99 Å². The summed E-state index contributed by atoms with van der Waals surface area (Å²) in [6, 6.07) is 17.1. The van der Waals surface area contributed by atoms with Gasteiger partial charge < -0.3 is 9.73 Å². The number of furan rings is 1. The van der Waals surface area contributed by atoms with E-state index in [0.717, 1.165) is 17.7 Å². The monoisotopic (exact) mass is 470 g/mol. The number of amidine groups is 1. The molecule has 0 aliphatic carbocycles. The number of aryl methyl sites for hydroxylation is 1. The van der Waals surface area contributed by atoms with Gasteiger partial charge in [0, 0.05) is 11.6 Å². The number of aliphatic imine (C=N–C) groups is 1. The highest BCUT2D eigenvalue weighted by atomic mass is 35.5. The van der Waals surface area contributed by atoms with E-state index in [4.69, 9.17) is 27.6 Å². The van der Waals surface area contributed by atoms with E-state index < -0.39 is 0 Å². The van der Waals surface area contributed by atoms with Gasteiger partial charge in [-0.2, -0.15) is 0 Å². The van der Waals surface area contributed by atoms with Gasteiger partial charge in [-0.05, 0) is 72.6 Å². The van der Waals surface area contributed by atoms with Crippen LogP contribution in [-0.2, 0) is 11.2 Å². The van der Waals surface area contributed by atoms with Crippen molar-refractivity contribution in [3.05, 3.63) is 80.9 Å². The first-order valence-electron chi connectivity index (χ1n) is 9.95. The summed E-state index contributed by atoms with van der Waals surface area (Å²) in [5, 5.41) is 4.30. The van der Waals surface area contributed by atoms with Crippen molar-refractivity contribution in [1.82, 2.24) is 5.32 Å². The molecule has 4 nitrogen and oxygen atoms in total. The summed E-state index contributed by atoms with van der Waals surface area (Å²) in [4.78, 5) is 17.4. The third kappa shape index (κ3) is 5.42. The number of carbonyl (C=O) groups is 1. The summed E-state index contributed by atoms with van der Waals surface area (Å²) in [5.74, 6) is 1.02. The zero-order valence-corrected chi connectivity index (χ0v) is 19.2. The quantitative estimate of drug-likeness (QED) is 0.379. The minimum atomic E-state index is -0.198. The predicted molar refractivity (Wildman–Crippen MR) is 130 cm³/mol. The Morgan fingerprint density at radius 2 is 1.87 bits per heavy atom. The van der Waals surface area contributed by atoms with Gasteiger partial charge in [-0.3, -0.25) is 4.79 Å². The van der Waals surface area contributed by atoms with Crippen molar-refractivity contribution in [2.45, 2.75) is 26.2 Å². The third-order valence-electron chi connectivity index (χ3n) is 4.74. The molecule has 7 heteroatoms. The average Bonchev–Trinajstić information content (AvgIpc) is 3.36. The van der Waals surface area contributed by atoms with E-state index in [1.807, 2.05) is 30.3 Å². The van der Waals surface area contributed by atoms with E-state index in [-0.39, 0.29) is 5.91 Å². The molecule has 1 saturated heterocycles. The van der Waals surface area contributed by atoms with Crippen LogP contribution in [0.5, 0.6) is 0 Å². The summed E-state index contributed by atoms with van der Waals surface area (Å²) in [5.41, 5.74) is 2.92. The van der Waals surface area contributed by atoms with Crippen molar-refractivity contribution >= 4 is 57.8 Å². The van der Waals surface area contributed by atoms with Crippen LogP contribution in [0, 0.1) is 0 Å². The minimum Gasteiger partial charge on any atom is -0.457 e. The molecular formula is C24H20Cl2N2O2S. The minimum absolute atomic E-state index is 0.198. The fraction of sp³-hybridized carbons (Fsp3) is 0.167. The predicted octanol–water partition coefficient (Wildman–Crippen LogP) is 7.49. The first-order chi connectivity index (χ1) is 15.0. The Balaban J connectivity index is 1.47. The molecule has 1 aliphatic heterocycles. The highest BCUT2D eigenvalue weighted by Gasteiger charge is 2.24. The number of nitrogens with zero attached hydrogens (tertiary/aromatic N) is 1. The van der Waals surface area contributed by atoms with E-state index in [1.165, 1.54) is 30.2 Å². The zero-order chi connectivity index (χ0) is 21.8. The highest BCUT2D eigenvalue weighted by Crippen LogP contribution is 2.32. The normalized spacial score (nSPS) is 16.3. The van der Waals surface area contributed by atoms with Gasteiger partial charge in [-0.25, -0.2) is 4.99 Å². The number of hydrogen-bond acceptors (Lipinski definition) is 4. The molecule has 31 heavy (non-hydrogen) atoms. The standard InChI is InChI=1S/C24H20Cl2N2O2S/c1-2-3-4-15-5-8-17(9-6-15)27-24-28-23(29)22(31-24)14-18-10-12-21(30-18)16-7-11-19(25)20(26)13-16/h5-14H,2-4H2,1H3,(H,27,28,29)/b22-14+. The number of rotatable bonds is 6. The fourth-order valence-corrected chi connectivity index (χ4v) is 4.20. The lowest BCUT2D eigenvalue weighted by atomic mass is 10.1. The Kier molecular flexibility index (Phi) is 6.86. The molecule has 0 bridgehead atoms. The second-order valence-electron chi connectivity index (χ2n) is 7.08. The molecule has 1 amide bonds. The topological polar surface area (TPSA) is 54.6 Å². The summed E-state index contributed by atoms with van der Waals surface area (Å²) >= 11 is 13.3. The largest absolute Gasteiger partial charge is 0.457 e. The molecule has 0 radical (unpaired) electrons. The first kappa shape index (κ1) is 21.8. The molecule has 1 aromatic heterocycles. The zero-order valence-electron chi connectivity index (χ0n) is 16.8. The number of hydrogen-bond donors (Lipinski definition) is 1. The second-order valence-corrected chi connectivity index (χ2v) is 8.93. The van der Waals surface area contributed by atoms with Crippen molar-refractivity contribution in [3.8, 4) is 11.3 Å². The van der Waals surface area contributed by atoms with E-state index in [2.05, 4.69) is 29.4 Å². The molecule has 1 aliphatic rings. The number of carbonyl (C=O) groups excluding carboxylic acids is 1. The molecule has 1 N–H and O–H groups in total. The molecule has 1 fully saturated rings. The van der Waals surface area contributed by atoms with Crippen LogP contribution >= 0.6 is 35.0 Å². The summed E-state index contributed by atoms with van der Waals surface area (Å²) in [6.45, 7) is 2.18. The van der Waals surface area contributed by atoms with Gasteiger partial charge >= 0.3 is 0 Å². The lowest BCUT2D eigenvalue weighted by molar-refractivity contribution is -0.115. The number of benzene rings is 2. The van der Waals surface area contributed by atoms with E-state index >= 15 is 0 Å². The van der Waals surface area contributed by atoms with Crippen LogP contribution in [0.15, 0.2) is 68.9 Å². The van der Waals surface area contributed by atoms with Gasteiger partial charge in [0.15, 0.2) is 5.17 Å². The SMILES string of the molecule is CCCCc1ccc(N=C2NC(=O)/C(=C\c3ccc(-c4ccc(Cl)c(Cl)c4)o3)S2)cc1. The Morgan fingerprint density at radius 3 is 2.61 bits per heavy atom. The number of amides is 1. The Bertz CT molecular complexity index is 1170. The van der Waals surface area contributed by atoms with Crippen LogP contribution in [0.25, 0.3) is 17.4 Å². The van der Waals surface area contributed by atoms with Crippen molar-refractivity contribution in [1.29, 1.82) is 0 Å². The van der Waals surface area contributed by atoms with Crippen molar-refractivity contribution in [3.63, 3.8) is 0 Å². The van der Waals surface area contributed by atoms with E-state index in [1.54, 1.807) is 18.2 Å². The highest BCUT2D eigenvalue weighted by molar-refractivity contribution is 8.18. The molecule has 0 spiro atoms. The Labute approximate surface area is 195 Å². The summed E-state index contributed by atoms with van der Waals surface area (Å²) < 4.78 is 5.86. The molecule has 3 aromatic rings. The maximum Gasteiger partial charge on any atom is 0.264 e. The molecule has 158 valence electrons. The fourth-order valence-electron chi connectivity index (χ4n) is 3.08. The third-order valence-corrected chi connectivity index (χ3v) is 6.39. The number of nitrogens with one attached hydrogen (secondary N) is 1. The summed E-state index contributed by atoms with van der Waals surface area (Å²) in [7, 11) is 0. The molecule has 0 atom stereocenters. The van der Waals surface area contributed by atoms with Gasteiger partial charge in [-0.15, -0.1) is 0 Å². The van der Waals surface area contributed by atoms with Gasteiger partial charge in [-0.1, -0.05) is 48.7 Å². The van der Waals surface area contributed by atoms with Crippen LogP contribution in [0.3, 0.4) is 0 Å².